The van der Waals surface area contributed by atoms with Crippen molar-refractivity contribution < 1.29 is 42.1 Å². The van der Waals surface area contributed by atoms with Gasteiger partial charge in [-0.1, -0.05) is 382 Å². The van der Waals surface area contributed by atoms with Gasteiger partial charge in [0, 0.05) is 12.8 Å². The number of hydrogen-bond donors (Lipinski definition) is 0. The zero-order valence-corrected chi connectivity index (χ0v) is 68.6. The Hall–Kier alpha value is -4.89. The highest BCUT2D eigenvalue weighted by Gasteiger charge is 2.22. The minimum Gasteiger partial charge on any atom is -0.756 e. The molecule has 0 aromatic carbocycles. The van der Waals surface area contributed by atoms with Gasteiger partial charge in [0.1, 0.15) is 19.8 Å². The van der Waals surface area contributed by atoms with E-state index >= 15 is 0 Å². The zero-order valence-electron chi connectivity index (χ0n) is 67.7. The van der Waals surface area contributed by atoms with Gasteiger partial charge in [-0.3, -0.25) is 14.2 Å². The number of rotatable bonds is 77. The second-order valence-electron chi connectivity index (χ2n) is 29.1. The SMILES string of the molecule is CC/C=C\C/C=C\C/C=C\C/C=C\C/C=C\C/C=C\C/C=C\C/C=C\C/C=C\CCCCCCCCCCCCCCCC(=O)OC(COC(=O)CCCCCCCCCCCCCCCCCCCCCC/C=C\C/C=C\C/C=C\C/C=C\C/C=C\C/C=C\CC)COP(=O)([O-])OCC[N+](C)(C)C. The highest BCUT2D eigenvalue weighted by atomic mass is 31.2. The molecule has 0 fully saturated rings. The highest BCUT2D eigenvalue weighted by molar-refractivity contribution is 7.45. The van der Waals surface area contributed by atoms with Crippen LogP contribution in [0.4, 0.5) is 0 Å². The molecule has 0 aromatic heterocycles. The number of esters is 2. The molecule has 0 saturated carbocycles. The molecule has 0 heterocycles. The molecule has 0 radical (unpaired) electrons. The van der Waals surface area contributed by atoms with Crippen molar-refractivity contribution in [1.29, 1.82) is 0 Å². The third-order valence-electron chi connectivity index (χ3n) is 17.9. The number of allylic oxidation sites excluding steroid dienone is 30. The molecule has 104 heavy (non-hydrogen) atoms. The molecule has 0 spiro atoms. The van der Waals surface area contributed by atoms with Crippen LogP contribution in [0, 0.1) is 0 Å². The van der Waals surface area contributed by atoms with Gasteiger partial charge in [-0.05, 0) is 135 Å². The fourth-order valence-electron chi connectivity index (χ4n) is 11.5. The molecule has 0 aliphatic rings. The second kappa shape index (κ2) is 82.2. The van der Waals surface area contributed by atoms with E-state index in [2.05, 4.69) is 196 Å². The minimum atomic E-state index is -4.66. The number of nitrogens with zero attached hydrogens (tertiary/aromatic N) is 1. The van der Waals surface area contributed by atoms with Crippen molar-refractivity contribution in [2.75, 3.05) is 47.5 Å². The molecule has 0 rings (SSSR count). The van der Waals surface area contributed by atoms with Crippen molar-refractivity contribution >= 4 is 19.8 Å². The predicted octanol–water partition coefficient (Wildman–Crippen LogP) is 28.3. The third-order valence-corrected chi connectivity index (χ3v) is 18.9. The van der Waals surface area contributed by atoms with Crippen molar-refractivity contribution in [1.82, 2.24) is 0 Å². The van der Waals surface area contributed by atoms with Crippen LogP contribution in [0.3, 0.4) is 0 Å². The van der Waals surface area contributed by atoms with Crippen LogP contribution in [-0.2, 0) is 32.7 Å². The molecule has 0 saturated heterocycles. The van der Waals surface area contributed by atoms with Crippen LogP contribution in [0.25, 0.3) is 0 Å². The molecule has 0 amide bonds. The first-order valence-corrected chi connectivity index (χ1v) is 44.0. The standard InChI is InChI=1S/C94H158NO8P/c1-6-8-10-12-14-16-18-20-22-24-26-28-30-32-34-36-38-40-42-44-46-47-49-51-53-55-57-59-61-63-65-67-69-71-73-75-77-79-81-83-85-87-94(97)103-92(91-102-104(98,99)101-89-88-95(3,4)5)90-100-93(96)86-84-82-80-78-76-74-72-70-68-66-64-62-60-58-56-54-52-50-48-45-43-41-39-37-35-33-31-29-27-25-23-21-19-17-15-13-11-9-7-2/h8-11,14-17,20-23,26-29,32-35,38-41,44,46,49,51,55,57,92H,6-7,12-13,18-19,24-25,30-31,36-37,42-43,45,47-48,50,52-54,56,58-91H2,1-5H3/b10-8-,11-9-,16-14-,17-15-,22-20-,23-21-,28-26-,29-27-,34-32-,35-33-,40-38-,41-39-,46-44-,51-49-,57-55-. The highest BCUT2D eigenvalue weighted by Crippen LogP contribution is 2.38. The Morgan fingerprint density at radius 1 is 0.298 bits per heavy atom. The van der Waals surface area contributed by atoms with Gasteiger partial charge in [0.2, 0.25) is 0 Å². The summed E-state index contributed by atoms with van der Waals surface area (Å²) >= 11 is 0. The summed E-state index contributed by atoms with van der Waals surface area (Å²) < 4.78 is 34.5. The van der Waals surface area contributed by atoms with Crippen LogP contribution in [0.2, 0.25) is 0 Å². The van der Waals surface area contributed by atoms with Gasteiger partial charge in [0.05, 0.1) is 27.7 Å². The number of quaternary nitrogens is 1. The van der Waals surface area contributed by atoms with E-state index < -0.39 is 26.5 Å². The summed E-state index contributed by atoms with van der Waals surface area (Å²) in [6, 6.07) is 0. The number of hydrogen-bond acceptors (Lipinski definition) is 8. The van der Waals surface area contributed by atoms with Gasteiger partial charge in [0.15, 0.2) is 6.10 Å². The van der Waals surface area contributed by atoms with Crippen LogP contribution in [0.15, 0.2) is 182 Å². The average molecular weight is 1460 g/mol. The molecule has 0 bridgehead atoms. The first kappa shape index (κ1) is 99.1. The van der Waals surface area contributed by atoms with E-state index in [0.29, 0.717) is 17.4 Å². The van der Waals surface area contributed by atoms with Crippen molar-refractivity contribution in [2.45, 2.75) is 354 Å². The number of unbranched alkanes of at least 4 members (excludes halogenated alkanes) is 33. The van der Waals surface area contributed by atoms with Crippen LogP contribution >= 0.6 is 7.82 Å². The molecule has 9 nitrogen and oxygen atoms in total. The van der Waals surface area contributed by atoms with E-state index in [1.807, 2.05) is 21.1 Å². The summed E-state index contributed by atoms with van der Waals surface area (Å²) in [5.41, 5.74) is 0. The summed E-state index contributed by atoms with van der Waals surface area (Å²) in [5, 5.41) is 0. The number of likely N-dealkylation sites (N-methyl/N-ethyl adjacent to an activating group) is 1. The third kappa shape index (κ3) is 86.0. The van der Waals surface area contributed by atoms with Gasteiger partial charge < -0.3 is 27.9 Å². The summed E-state index contributed by atoms with van der Waals surface area (Å²) in [6.45, 7) is 4.03. The Bertz CT molecular complexity index is 2420. The Balaban J connectivity index is 3.98. The van der Waals surface area contributed by atoms with Crippen LogP contribution in [0.5, 0.6) is 0 Å². The van der Waals surface area contributed by atoms with E-state index in [1.54, 1.807) is 0 Å². The maximum atomic E-state index is 12.9. The summed E-state index contributed by atoms with van der Waals surface area (Å²) in [7, 11) is 1.16. The lowest BCUT2D eigenvalue weighted by Gasteiger charge is -2.28. The summed E-state index contributed by atoms with van der Waals surface area (Å²) in [5.74, 6) is -0.830. The predicted molar refractivity (Wildman–Crippen MR) is 452 cm³/mol. The molecule has 0 aliphatic heterocycles. The van der Waals surface area contributed by atoms with E-state index in [4.69, 9.17) is 18.5 Å². The normalized spacial score (nSPS) is 13.9. The topological polar surface area (TPSA) is 111 Å². The molecule has 592 valence electrons. The van der Waals surface area contributed by atoms with Gasteiger partial charge in [-0.15, -0.1) is 0 Å². The fraction of sp³-hybridized carbons (Fsp3) is 0.660. The fourth-order valence-corrected chi connectivity index (χ4v) is 12.3. The van der Waals surface area contributed by atoms with Gasteiger partial charge in [-0.2, -0.15) is 0 Å². The van der Waals surface area contributed by atoms with E-state index in [9.17, 15) is 19.0 Å². The van der Waals surface area contributed by atoms with Crippen molar-refractivity contribution in [2.24, 2.45) is 0 Å². The van der Waals surface area contributed by atoms with E-state index in [-0.39, 0.29) is 32.0 Å². The van der Waals surface area contributed by atoms with Crippen LogP contribution < -0.4 is 4.89 Å². The van der Waals surface area contributed by atoms with Gasteiger partial charge in [-0.25, -0.2) is 0 Å². The van der Waals surface area contributed by atoms with E-state index in [1.165, 1.54) is 180 Å². The second-order valence-corrected chi connectivity index (χ2v) is 30.5. The Morgan fingerprint density at radius 2 is 0.519 bits per heavy atom. The number of carbonyl (C=O) groups excluding carboxylic acids is 2. The maximum absolute atomic E-state index is 12.9. The molecule has 0 aliphatic carbocycles. The maximum Gasteiger partial charge on any atom is 0.306 e. The van der Waals surface area contributed by atoms with Crippen LogP contribution in [0.1, 0.15) is 348 Å². The number of phosphoric acid groups is 1. The number of carbonyl (C=O) groups is 2. The summed E-state index contributed by atoms with van der Waals surface area (Å²) in [6.07, 6.45) is 126. The molecular weight excluding hydrogens is 1300 g/mol. The first-order valence-electron chi connectivity index (χ1n) is 42.5. The lowest BCUT2D eigenvalue weighted by Crippen LogP contribution is -2.37. The largest absolute Gasteiger partial charge is 0.756 e. The lowest BCUT2D eigenvalue weighted by molar-refractivity contribution is -0.870. The molecule has 0 aromatic rings. The first-order chi connectivity index (χ1) is 51.0. The van der Waals surface area contributed by atoms with Crippen LogP contribution in [-0.4, -0.2) is 70.0 Å². The van der Waals surface area contributed by atoms with Crippen molar-refractivity contribution in [3.8, 4) is 0 Å². The molecule has 10 heteroatoms. The quantitative estimate of drug-likeness (QED) is 0.0195. The Kier molecular flexibility index (Phi) is 78.3. The van der Waals surface area contributed by atoms with Gasteiger partial charge >= 0.3 is 11.9 Å². The Labute approximate surface area is 641 Å². The number of ether oxygens (including phenoxy) is 2. The molecule has 2 unspecified atom stereocenters. The molecular formula is C94H158NO8P. The molecule has 0 N–H and O–H groups in total. The van der Waals surface area contributed by atoms with Crippen molar-refractivity contribution in [3.63, 3.8) is 0 Å². The number of phosphoric ester groups is 1. The molecule has 2 atom stereocenters. The van der Waals surface area contributed by atoms with Gasteiger partial charge in [0.25, 0.3) is 7.82 Å². The monoisotopic (exact) mass is 1460 g/mol. The van der Waals surface area contributed by atoms with E-state index in [0.717, 1.165) is 135 Å². The lowest BCUT2D eigenvalue weighted by atomic mass is 10.0. The smallest absolute Gasteiger partial charge is 0.306 e. The average Bonchev–Trinajstić information content (AvgIpc) is 0.920. The minimum absolute atomic E-state index is 0.0362. The summed E-state index contributed by atoms with van der Waals surface area (Å²) in [4.78, 5) is 38.2. The van der Waals surface area contributed by atoms with Crippen molar-refractivity contribution in [3.05, 3.63) is 182 Å². The zero-order chi connectivity index (χ0) is 75.4. The Morgan fingerprint density at radius 3 is 0.769 bits per heavy atom.